The van der Waals surface area contributed by atoms with Gasteiger partial charge in [-0.15, -0.1) is 0 Å². The van der Waals surface area contributed by atoms with E-state index in [0.29, 0.717) is 36.9 Å². The number of aromatic amines is 1. The van der Waals surface area contributed by atoms with Crippen LogP contribution in [0.1, 0.15) is 66.9 Å². The summed E-state index contributed by atoms with van der Waals surface area (Å²) < 4.78 is 0. The maximum atomic E-state index is 13.1. The predicted octanol–water partition coefficient (Wildman–Crippen LogP) is 1.44. The minimum absolute atomic E-state index is 0.132. The molecule has 0 bridgehead atoms. The number of carbonyl (C=O) groups is 4. The number of rotatable bonds is 10. The first kappa shape index (κ1) is 22.4. The number of primary amides is 1. The average molecular weight is 466 g/mol. The first-order valence-electron chi connectivity index (χ1n) is 12.2. The molecule has 3 atom stereocenters. The molecule has 3 aliphatic rings. The minimum atomic E-state index is -0.964. The average Bonchev–Trinajstić information content (AvgIpc) is 3.73. The van der Waals surface area contributed by atoms with Crippen LogP contribution in [0.3, 0.4) is 0 Å². The highest BCUT2D eigenvalue weighted by atomic mass is 16.2. The topological polar surface area (TPSA) is 146 Å². The van der Waals surface area contributed by atoms with E-state index < -0.39 is 23.9 Å². The number of carbonyl (C=O) groups excluding carboxylic acids is 4. The Balaban J connectivity index is 1.29. The van der Waals surface area contributed by atoms with E-state index in [-0.39, 0.29) is 24.2 Å². The Morgan fingerprint density at radius 1 is 1.03 bits per heavy atom. The summed E-state index contributed by atoms with van der Waals surface area (Å²) in [4.78, 5) is 53.3. The van der Waals surface area contributed by atoms with E-state index >= 15 is 0 Å². The number of fused-ring (bicyclic) bond motifs is 1. The smallest absolute Gasteiger partial charge is 0.268 e. The summed E-state index contributed by atoms with van der Waals surface area (Å²) in [6.45, 7) is 0.552. The minimum Gasteiger partial charge on any atom is -0.368 e. The highest BCUT2D eigenvalue weighted by Gasteiger charge is 2.35. The van der Waals surface area contributed by atoms with Gasteiger partial charge < -0.3 is 26.7 Å². The summed E-state index contributed by atoms with van der Waals surface area (Å²) in [6.07, 6.45) is 5.61. The van der Waals surface area contributed by atoms with E-state index in [4.69, 9.17) is 5.73 Å². The van der Waals surface area contributed by atoms with Gasteiger partial charge in [0.2, 0.25) is 17.7 Å². The van der Waals surface area contributed by atoms with Gasteiger partial charge in [-0.05, 0) is 61.6 Å². The Morgan fingerprint density at radius 2 is 1.82 bits per heavy atom. The SMILES string of the molecule is NC(=O)[C@H](C[C@@H]1CCNC1=O)NC(=O)[C@H](CC1CC1)NC(=O)c1cc2c(C3CC3)cccc2[nH]1. The van der Waals surface area contributed by atoms with Gasteiger partial charge in [0, 0.05) is 23.4 Å². The number of hydrogen-bond donors (Lipinski definition) is 5. The van der Waals surface area contributed by atoms with Crippen LogP contribution >= 0.6 is 0 Å². The van der Waals surface area contributed by atoms with Gasteiger partial charge >= 0.3 is 0 Å². The van der Waals surface area contributed by atoms with Gasteiger partial charge in [0.1, 0.15) is 17.8 Å². The van der Waals surface area contributed by atoms with Crippen molar-refractivity contribution in [2.24, 2.45) is 17.6 Å². The van der Waals surface area contributed by atoms with Crippen LogP contribution in [0.2, 0.25) is 0 Å². The van der Waals surface area contributed by atoms with Crippen LogP contribution in [0.5, 0.6) is 0 Å². The lowest BCUT2D eigenvalue weighted by Gasteiger charge is -2.23. The molecule has 4 amide bonds. The second kappa shape index (κ2) is 9.12. The number of amides is 4. The summed E-state index contributed by atoms with van der Waals surface area (Å²) in [6, 6.07) is 6.15. The second-order valence-corrected chi connectivity index (χ2v) is 9.95. The Kier molecular flexibility index (Phi) is 6.02. The van der Waals surface area contributed by atoms with Crippen molar-refractivity contribution in [3.8, 4) is 0 Å². The zero-order chi connectivity index (χ0) is 23.8. The number of nitrogens with two attached hydrogens (primary N) is 1. The quantitative estimate of drug-likeness (QED) is 0.361. The third-order valence-corrected chi connectivity index (χ3v) is 7.19. The zero-order valence-electron chi connectivity index (χ0n) is 19.1. The molecule has 1 aromatic heterocycles. The van der Waals surface area contributed by atoms with Crippen molar-refractivity contribution in [2.75, 3.05) is 6.54 Å². The molecule has 0 spiro atoms. The summed E-state index contributed by atoms with van der Waals surface area (Å²) in [7, 11) is 0. The number of benzene rings is 1. The molecule has 5 rings (SSSR count). The molecule has 9 nitrogen and oxygen atoms in total. The Labute approximate surface area is 197 Å². The molecule has 1 aliphatic heterocycles. The Hall–Kier alpha value is -3.36. The molecule has 6 N–H and O–H groups in total. The maximum absolute atomic E-state index is 13.1. The van der Waals surface area contributed by atoms with Crippen molar-refractivity contribution < 1.29 is 19.2 Å². The second-order valence-electron chi connectivity index (χ2n) is 9.95. The summed E-state index contributed by atoms with van der Waals surface area (Å²) in [5.41, 5.74) is 8.09. The number of aromatic nitrogens is 1. The molecule has 0 radical (unpaired) electrons. The molecule has 2 aliphatic carbocycles. The van der Waals surface area contributed by atoms with E-state index in [2.05, 4.69) is 27.0 Å². The molecule has 180 valence electrons. The molecule has 1 aromatic carbocycles. The fraction of sp³-hybridized carbons (Fsp3) is 0.520. The normalized spacial score (nSPS) is 21.6. The van der Waals surface area contributed by atoms with Gasteiger partial charge in [-0.1, -0.05) is 25.0 Å². The van der Waals surface area contributed by atoms with Crippen LogP contribution in [-0.2, 0) is 14.4 Å². The molecule has 2 heterocycles. The number of H-pyrrole nitrogens is 1. The number of hydrogen-bond acceptors (Lipinski definition) is 4. The molecular formula is C25H31N5O4. The summed E-state index contributed by atoms with van der Waals surface area (Å²) in [5.74, 6) is -1.06. The van der Waals surface area contributed by atoms with Crippen molar-refractivity contribution in [3.63, 3.8) is 0 Å². The largest absolute Gasteiger partial charge is 0.368 e. The predicted molar refractivity (Wildman–Crippen MR) is 126 cm³/mol. The van der Waals surface area contributed by atoms with Gasteiger partial charge in [-0.2, -0.15) is 0 Å². The van der Waals surface area contributed by atoms with Crippen molar-refractivity contribution in [1.29, 1.82) is 0 Å². The first-order chi connectivity index (χ1) is 16.4. The number of nitrogens with one attached hydrogen (secondary N) is 4. The van der Waals surface area contributed by atoms with Crippen molar-refractivity contribution in [1.82, 2.24) is 20.9 Å². The van der Waals surface area contributed by atoms with Gasteiger partial charge in [0.05, 0.1) is 0 Å². The van der Waals surface area contributed by atoms with Crippen LogP contribution in [0.4, 0.5) is 0 Å². The Bertz CT molecular complexity index is 1130. The lowest BCUT2D eigenvalue weighted by molar-refractivity contribution is -0.130. The molecule has 1 saturated heterocycles. The standard InChI is InChI=1S/C25H31N5O4/c26-22(31)19(11-15-8-9-27-23(15)32)29-24(33)20(10-13-4-5-13)30-25(34)21-12-17-16(14-6-7-14)2-1-3-18(17)28-21/h1-3,12-15,19-20,28H,4-11H2,(H2,26,31)(H,27,32)(H,29,33)(H,30,34)/t15-,19-,20-/m0/s1. The lowest BCUT2D eigenvalue weighted by atomic mass is 9.97. The van der Waals surface area contributed by atoms with Crippen molar-refractivity contribution >= 4 is 34.5 Å². The van der Waals surface area contributed by atoms with Crippen LogP contribution in [0.25, 0.3) is 10.9 Å². The van der Waals surface area contributed by atoms with Gasteiger partial charge in [-0.25, -0.2) is 0 Å². The highest BCUT2D eigenvalue weighted by Crippen LogP contribution is 2.43. The van der Waals surface area contributed by atoms with Crippen molar-refractivity contribution in [2.45, 2.75) is 62.9 Å². The lowest BCUT2D eigenvalue weighted by Crippen LogP contribution is -2.53. The van der Waals surface area contributed by atoms with E-state index in [9.17, 15) is 19.2 Å². The highest BCUT2D eigenvalue weighted by molar-refractivity contribution is 6.01. The third-order valence-electron chi connectivity index (χ3n) is 7.19. The molecule has 2 saturated carbocycles. The monoisotopic (exact) mass is 465 g/mol. The first-order valence-corrected chi connectivity index (χ1v) is 12.2. The molecule has 9 heteroatoms. The fourth-order valence-corrected chi connectivity index (χ4v) is 4.88. The molecule has 34 heavy (non-hydrogen) atoms. The zero-order valence-corrected chi connectivity index (χ0v) is 19.1. The van der Waals surface area contributed by atoms with Crippen LogP contribution < -0.4 is 21.7 Å². The van der Waals surface area contributed by atoms with E-state index in [1.165, 1.54) is 18.4 Å². The molecule has 2 aromatic rings. The maximum Gasteiger partial charge on any atom is 0.268 e. The van der Waals surface area contributed by atoms with Crippen LogP contribution in [0.15, 0.2) is 24.3 Å². The van der Waals surface area contributed by atoms with E-state index in [0.717, 1.165) is 23.7 Å². The van der Waals surface area contributed by atoms with Crippen LogP contribution in [0, 0.1) is 11.8 Å². The van der Waals surface area contributed by atoms with E-state index in [1.807, 2.05) is 18.2 Å². The van der Waals surface area contributed by atoms with Crippen LogP contribution in [-0.4, -0.2) is 47.2 Å². The molecular weight excluding hydrogens is 434 g/mol. The molecule has 0 unspecified atom stereocenters. The van der Waals surface area contributed by atoms with E-state index in [1.54, 1.807) is 0 Å². The van der Waals surface area contributed by atoms with Gasteiger partial charge in [-0.3, -0.25) is 19.2 Å². The Morgan fingerprint density at radius 3 is 2.47 bits per heavy atom. The summed E-state index contributed by atoms with van der Waals surface area (Å²) >= 11 is 0. The summed E-state index contributed by atoms with van der Waals surface area (Å²) in [5, 5.41) is 9.33. The molecule has 3 fully saturated rings. The third kappa shape index (κ3) is 4.93. The fourth-order valence-electron chi connectivity index (χ4n) is 4.88. The van der Waals surface area contributed by atoms with Gasteiger partial charge in [0.25, 0.3) is 5.91 Å². The van der Waals surface area contributed by atoms with Gasteiger partial charge in [0.15, 0.2) is 0 Å². The van der Waals surface area contributed by atoms with Crippen molar-refractivity contribution in [3.05, 3.63) is 35.5 Å².